The first-order chi connectivity index (χ1) is 9.15. The molecule has 1 rings (SSSR count). The molecule has 1 aromatic rings. The van der Waals surface area contributed by atoms with Crippen LogP contribution in [0.4, 0.5) is 4.79 Å². The summed E-state index contributed by atoms with van der Waals surface area (Å²) in [5, 5.41) is 0. The first-order valence-electron chi connectivity index (χ1n) is 7.03. The number of carbonyl (C=O) groups excluding carboxylic acids is 1. The maximum Gasteiger partial charge on any atom is 0.421 e. The van der Waals surface area contributed by atoms with E-state index in [1.54, 1.807) is 12.1 Å². The SMILES string of the molecule is CCCCCCC[C@H](C)OC(=O)n1ccccc1=O. The predicted octanol–water partition coefficient (Wildman–Crippen LogP) is 3.58. The van der Waals surface area contributed by atoms with Gasteiger partial charge in [-0.1, -0.05) is 38.7 Å². The molecule has 1 heterocycles. The van der Waals surface area contributed by atoms with Gasteiger partial charge in [-0.3, -0.25) is 4.79 Å². The smallest absolute Gasteiger partial charge is 0.421 e. The summed E-state index contributed by atoms with van der Waals surface area (Å²) in [6.07, 6.45) is 7.46. The number of rotatable bonds is 7. The Balaban J connectivity index is 2.32. The van der Waals surface area contributed by atoms with Gasteiger partial charge in [0.15, 0.2) is 0 Å². The lowest BCUT2D eigenvalue weighted by molar-refractivity contribution is 0.101. The maximum atomic E-state index is 11.8. The third-order valence-corrected chi connectivity index (χ3v) is 3.04. The quantitative estimate of drug-likeness (QED) is 0.708. The number of pyridine rings is 1. The fourth-order valence-corrected chi connectivity index (χ4v) is 1.90. The van der Waals surface area contributed by atoms with Crippen LogP contribution in [0.3, 0.4) is 0 Å². The van der Waals surface area contributed by atoms with Gasteiger partial charge in [0.05, 0.1) is 0 Å². The molecular weight excluding hydrogens is 242 g/mol. The molecule has 4 heteroatoms. The topological polar surface area (TPSA) is 48.3 Å². The average molecular weight is 265 g/mol. The van der Waals surface area contributed by atoms with Gasteiger partial charge in [0, 0.05) is 12.3 Å². The van der Waals surface area contributed by atoms with Crippen molar-refractivity contribution in [3.05, 3.63) is 34.7 Å². The van der Waals surface area contributed by atoms with Gasteiger partial charge in [-0.15, -0.1) is 0 Å². The van der Waals surface area contributed by atoms with E-state index in [-0.39, 0.29) is 11.7 Å². The second-order valence-corrected chi connectivity index (χ2v) is 4.81. The zero-order valence-electron chi connectivity index (χ0n) is 11.8. The number of aromatic nitrogens is 1. The largest absolute Gasteiger partial charge is 0.446 e. The third-order valence-electron chi connectivity index (χ3n) is 3.04. The Morgan fingerprint density at radius 2 is 2.00 bits per heavy atom. The highest BCUT2D eigenvalue weighted by molar-refractivity contribution is 5.70. The molecule has 0 saturated heterocycles. The van der Waals surface area contributed by atoms with Crippen LogP contribution in [0.15, 0.2) is 29.2 Å². The highest BCUT2D eigenvalue weighted by atomic mass is 16.6. The summed E-state index contributed by atoms with van der Waals surface area (Å²) in [4.78, 5) is 23.2. The molecule has 0 fully saturated rings. The first kappa shape index (κ1) is 15.5. The van der Waals surface area contributed by atoms with Crippen LogP contribution < -0.4 is 5.56 Å². The molecule has 0 unspecified atom stereocenters. The Labute approximate surface area is 114 Å². The maximum absolute atomic E-state index is 11.8. The highest BCUT2D eigenvalue weighted by Gasteiger charge is 2.11. The Morgan fingerprint density at radius 1 is 1.26 bits per heavy atom. The number of hydrogen-bond donors (Lipinski definition) is 0. The molecule has 1 aromatic heterocycles. The van der Waals surface area contributed by atoms with Crippen molar-refractivity contribution in [2.45, 2.75) is 58.5 Å². The van der Waals surface area contributed by atoms with E-state index in [1.807, 2.05) is 6.92 Å². The average Bonchev–Trinajstić information content (AvgIpc) is 2.39. The zero-order chi connectivity index (χ0) is 14.1. The zero-order valence-corrected chi connectivity index (χ0v) is 11.8. The number of unbranched alkanes of at least 4 members (excludes halogenated alkanes) is 4. The monoisotopic (exact) mass is 265 g/mol. The summed E-state index contributed by atoms with van der Waals surface area (Å²) >= 11 is 0. The van der Waals surface area contributed by atoms with Crippen molar-refractivity contribution in [3.8, 4) is 0 Å². The summed E-state index contributed by atoms with van der Waals surface area (Å²) in [5.74, 6) is 0. The Kier molecular flexibility index (Phi) is 6.93. The van der Waals surface area contributed by atoms with Crippen LogP contribution in [0.1, 0.15) is 52.4 Å². The Hall–Kier alpha value is -1.58. The second-order valence-electron chi connectivity index (χ2n) is 4.81. The van der Waals surface area contributed by atoms with E-state index in [4.69, 9.17) is 4.74 Å². The minimum Gasteiger partial charge on any atom is -0.446 e. The standard InChI is InChI=1S/C15H23NO3/c1-3-4-5-6-7-10-13(2)19-15(18)16-12-9-8-11-14(16)17/h8-9,11-13H,3-7,10H2,1-2H3/t13-/m0/s1. The number of nitrogens with zero attached hydrogens (tertiary/aromatic N) is 1. The molecule has 4 nitrogen and oxygen atoms in total. The second kappa shape index (κ2) is 8.51. The van der Waals surface area contributed by atoms with E-state index in [1.165, 1.54) is 37.9 Å². The van der Waals surface area contributed by atoms with Crippen molar-refractivity contribution in [2.75, 3.05) is 0 Å². The molecule has 0 amide bonds. The molecular formula is C15H23NO3. The van der Waals surface area contributed by atoms with Crippen molar-refractivity contribution in [3.63, 3.8) is 0 Å². The van der Waals surface area contributed by atoms with E-state index >= 15 is 0 Å². The summed E-state index contributed by atoms with van der Waals surface area (Å²) in [5.41, 5.74) is -0.359. The normalized spacial score (nSPS) is 12.1. The molecule has 0 spiro atoms. The fourth-order valence-electron chi connectivity index (χ4n) is 1.90. The van der Waals surface area contributed by atoms with Crippen LogP contribution in [0.25, 0.3) is 0 Å². The lowest BCUT2D eigenvalue weighted by Crippen LogP contribution is -2.28. The van der Waals surface area contributed by atoms with Gasteiger partial charge in [0.1, 0.15) is 6.10 Å². The number of hydrogen-bond acceptors (Lipinski definition) is 3. The van der Waals surface area contributed by atoms with Crippen LogP contribution >= 0.6 is 0 Å². The Bertz CT molecular complexity index is 439. The van der Waals surface area contributed by atoms with Crippen molar-refractivity contribution in [1.82, 2.24) is 4.57 Å². The molecule has 0 aliphatic rings. The van der Waals surface area contributed by atoms with Gasteiger partial charge in [0.2, 0.25) is 0 Å². The van der Waals surface area contributed by atoms with Crippen LogP contribution in [0.2, 0.25) is 0 Å². The van der Waals surface area contributed by atoms with E-state index in [2.05, 4.69) is 6.92 Å². The third kappa shape index (κ3) is 5.73. The number of ether oxygens (including phenoxy) is 1. The van der Waals surface area contributed by atoms with Crippen LogP contribution in [0, 0.1) is 0 Å². The summed E-state index contributed by atoms with van der Waals surface area (Å²) in [6.45, 7) is 4.05. The molecule has 0 aromatic carbocycles. The summed E-state index contributed by atoms with van der Waals surface area (Å²) in [6, 6.07) is 4.58. The van der Waals surface area contributed by atoms with Gasteiger partial charge in [-0.25, -0.2) is 9.36 Å². The molecule has 19 heavy (non-hydrogen) atoms. The van der Waals surface area contributed by atoms with Gasteiger partial charge in [0.25, 0.3) is 5.56 Å². The predicted molar refractivity (Wildman–Crippen MR) is 75.4 cm³/mol. The van der Waals surface area contributed by atoms with Crippen LogP contribution in [0.5, 0.6) is 0 Å². The fraction of sp³-hybridized carbons (Fsp3) is 0.600. The van der Waals surface area contributed by atoms with Crippen molar-refractivity contribution < 1.29 is 9.53 Å². The molecule has 0 aliphatic heterocycles. The van der Waals surface area contributed by atoms with E-state index in [9.17, 15) is 9.59 Å². The lowest BCUT2D eigenvalue weighted by atomic mass is 10.1. The number of carbonyl (C=O) groups is 1. The van der Waals surface area contributed by atoms with E-state index in [0.717, 1.165) is 17.4 Å². The summed E-state index contributed by atoms with van der Waals surface area (Å²) in [7, 11) is 0. The van der Waals surface area contributed by atoms with Crippen molar-refractivity contribution in [1.29, 1.82) is 0 Å². The summed E-state index contributed by atoms with van der Waals surface area (Å²) < 4.78 is 6.24. The molecule has 106 valence electrons. The minimum atomic E-state index is -0.591. The first-order valence-corrected chi connectivity index (χ1v) is 7.03. The van der Waals surface area contributed by atoms with Gasteiger partial charge < -0.3 is 4.74 Å². The van der Waals surface area contributed by atoms with Gasteiger partial charge in [-0.05, 0) is 25.8 Å². The van der Waals surface area contributed by atoms with Gasteiger partial charge in [-0.2, -0.15) is 0 Å². The van der Waals surface area contributed by atoms with Crippen molar-refractivity contribution >= 4 is 6.09 Å². The highest BCUT2D eigenvalue weighted by Crippen LogP contribution is 2.09. The van der Waals surface area contributed by atoms with Crippen LogP contribution in [-0.4, -0.2) is 16.8 Å². The van der Waals surface area contributed by atoms with Crippen LogP contribution in [-0.2, 0) is 4.74 Å². The van der Waals surface area contributed by atoms with E-state index in [0.29, 0.717) is 0 Å². The Morgan fingerprint density at radius 3 is 2.68 bits per heavy atom. The van der Waals surface area contributed by atoms with E-state index < -0.39 is 6.09 Å². The van der Waals surface area contributed by atoms with Crippen molar-refractivity contribution in [2.24, 2.45) is 0 Å². The van der Waals surface area contributed by atoms with Gasteiger partial charge >= 0.3 is 6.09 Å². The molecule has 0 N–H and O–H groups in total. The minimum absolute atomic E-state index is 0.152. The lowest BCUT2D eigenvalue weighted by Gasteiger charge is -2.13. The molecule has 0 aliphatic carbocycles. The molecule has 0 saturated carbocycles. The molecule has 1 atom stereocenters. The molecule has 0 bridgehead atoms. The molecule has 0 radical (unpaired) electrons.